The summed E-state index contributed by atoms with van der Waals surface area (Å²) in [6, 6.07) is 26.7. The summed E-state index contributed by atoms with van der Waals surface area (Å²) in [4.78, 5) is 21.9. The highest BCUT2D eigenvalue weighted by Crippen LogP contribution is 2.27. The first kappa shape index (κ1) is 24.8. The van der Waals surface area contributed by atoms with E-state index in [2.05, 4.69) is 77.2 Å². The molecule has 0 atom stereocenters. The molecule has 0 aliphatic carbocycles. The van der Waals surface area contributed by atoms with Gasteiger partial charge >= 0.3 is 0 Å². The molecule has 1 amide bonds. The summed E-state index contributed by atoms with van der Waals surface area (Å²) in [7, 11) is 0. The van der Waals surface area contributed by atoms with Crippen LogP contribution in [0.15, 0.2) is 96.4 Å². The van der Waals surface area contributed by atoms with E-state index in [9.17, 15) is 4.79 Å². The predicted molar refractivity (Wildman–Crippen MR) is 151 cm³/mol. The Morgan fingerprint density at radius 1 is 0.919 bits per heavy atom. The van der Waals surface area contributed by atoms with Crippen LogP contribution in [0.3, 0.4) is 0 Å². The summed E-state index contributed by atoms with van der Waals surface area (Å²) in [5, 5.41) is 3.98. The number of fused-ring (bicyclic) bond motifs is 1. The zero-order valence-electron chi connectivity index (χ0n) is 21.1. The molecule has 3 aromatic carbocycles. The third kappa shape index (κ3) is 6.09. The smallest absolute Gasteiger partial charge is 0.251 e. The largest absolute Gasteiger partial charge is 0.348 e. The molecule has 2 heterocycles. The van der Waals surface area contributed by atoms with E-state index in [1.807, 2.05) is 36.5 Å². The molecule has 5 nitrogen and oxygen atoms in total. The van der Waals surface area contributed by atoms with Crippen molar-refractivity contribution in [1.29, 1.82) is 0 Å². The fraction of sp³-hybridized carbons (Fsp3) is 0.194. The highest BCUT2D eigenvalue weighted by atomic mass is 32.2. The second-order valence-electron chi connectivity index (χ2n) is 9.17. The Labute approximate surface area is 222 Å². The summed E-state index contributed by atoms with van der Waals surface area (Å²) in [5.41, 5.74) is 8.62. The monoisotopic (exact) mass is 506 g/mol. The normalized spacial score (nSPS) is 11.1. The maximum Gasteiger partial charge on any atom is 0.251 e. The van der Waals surface area contributed by atoms with Crippen LogP contribution < -0.4 is 5.32 Å². The van der Waals surface area contributed by atoms with Crippen molar-refractivity contribution in [2.75, 3.05) is 0 Å². The number of amides is 1. The average molecular weight is 507 g/mol. The number of nitrogens with one attached hydrogen (secondary N) is 1. The number of pyridine rings is 1. The zero-order chi connectivity index (χ0) is 25.6. The van der Waals surface area contributed by atoms with E-state index in [-0.39, 0.29) is 5.91 Å². The quantitative estimate of drug-likeness (QED) is 0.230. The van der Waals surface area contributed by atoms with Crippen LogP contribution in [0.4, 0.5) is 0 Å². The van der Waals surface area contributed by atoms with Gasteiger partial charge in [-0.2, -0.15) is 0 Å². The van der Waals surface area contributed by atoms with E-state index >= 15 is 0 Å². The number of hydrogen-bond acceptors (Lipinski definition) is 4. The number of nitrogens with zero attached hydrogens (tertiary/aromatic N) is 3. The van der Waals surface area contributed by atoms with Crippen molar-refractivity contribution in [2.24, 2.45) is 0 Å². The maximum absolute atomic E-state index is 12.7. The molecule has 0 saturated carbocycles. The van der Waals surface area contributed by atoms with Gasteiger partial charge in [0, 0.05) is 24.1 Å². The Hall–Kier alpha value is -3.90. The SMILES string of the molecule is CCc1ccc(CNC(=O)c2ccc(Cn3c(SCc4cccc(C)c4)nc4ccncc43)cc2)cc1. The molecule has 0 bridgehead atoms. The van der Waals surface area contributed by atoms with E-state index in [0.717, 1.165) is 39.5 Å². The molecule has 186 valence electrons. The number of rotatable bonds is 9. The van der Waals surface area contributed by atoms with Gasteiger partial charge in [0.05, 0.1) is 23.8 Å². The van der Waals surface area contributed by atoms with E-state index in [4.69, 9.17) is 4.98 Å². The number of carbonyl (C=O) groups excluding carboxylic acids is 1. The molecular weight excluding hydrogens is 476 g/mol. The second kappa shape index (κ2) is 11.4. The van der Waals surface area contributed by atoms with Crippen molar-refractivity contribution in [3.8, 4) is 0 Å². The number of benzene rings is 3. The van der Waals surface area contributed by atoms with Crippen molar-refractivity contribution >= 4 is 28.7 Å². The summed E-state index contributed by atoms with van der Waals surface area (Å²) in [5.74, 6) is 0.774. The Bertz CT molecular complexity index is 1510. The fourth-order valence-electron chi connectivity index (χ4n) is 4.28. The molecule has 0 spiro atoms. The standard InChI is InChI=1S/C31H30N4OS/c1-3-23-7-9-24(10-8-23)18-33-30(36)27-13-11-25(12-14-27)20-35-29-19-32-16-15-28(29)34-31(35)37-21-26-6-4-5-22(2)17-26/h4-17,19H,3,18,20-21H2,1-2H3,(H,33,36). The van der Waals surface area contributed by atoms with Crippen molar-refractivity contribution in [2.45, 2.75) is 44.3 Å². The molecule has 0 fully saturated rings. The molecule has 6 heteroatoms. The van der Waals surface area contributed by atoms with Gasteiger partial charge in [-0.25, -0.2) is 4.98 Å². The van der Waals surface area contributed by atoms with Crippen LogP contribution >= 0.6 is 11.8 Å². The van der Waals surface area contributed by atoms with E-state index in [0.29, 0.717) is 18.7 Å². The number of thioether (sulfide) groups is 1. The number of carbonyl (C=O) groups is 1. The lowest BCUT2D eigenvalue weighted by Crippen LogP contribution is -2.22. The Balaban J connectivity index is 1.28. The van der Waals surface area contributed by atoms with Gasteiger partial charge < -0.3 is 9.88 Å². The van der Waals surface area contributed by atoms with Crippen LogP contribution in [0.5, 0.6) is 0 Å². The van der Waals surface area contributed by atoms with Crippen LogP contribution in [0, 0.1) is 6.92 Å². The minimum Gasteiger partial charge on any atom is -0.348 e. The highest BCUT2D eigenvalue weighted by molar-refractivity contribution is 7.98. The molecule has 5 rings (SSSR count). The first-order chi connectivity index (χ1) is 18.1. The van der Waals surface area contributed by atoms with Crippen molar-refractivity contribution in [1.82, 2.24) is 19.9 Å². The molecule has 0 radical (unpaired) electrons. The highest BCUT2D eigenvalue weighted by Gasteiger charge is 2.13. The lowest BCUT2D eigenvalue weighted by Gasteiger charge is -2.11. The molecule has 2 aromatic heterocycles. The minimum atomic E-state index is -0.0715. The van der Waals surface area contributed by atoms with Gasteiger partial charge in [-0.05, 0) is 53.8 Å². The van der Waals surface area contributed by atoms with Gasteiger partial charge in [-0.15, -0.1) is 0 Å². The molecule has 0 aliphatic rings. The molecule has 0 unspecified atom stereocenters. The third-order valence-corrected chi connectivity index (χ3v) is 7.45. The van der Waals surface area contributed by atoms with Crippen LogP contribution in [-0.2, 0) is 25.3 Å². The predicted octanol–water partition coefficient (Wildman–Crippen LogP) is 6.57. The Morgan fingerprint density at radius 3 is 2.43 bits per heavy atom. The van der Waals surface area contributed by atoms with E-state index in [1.54, 1.807) is 18.0 Å². The molecule has 1 N–H and O–H groups in total. The molecular formula is C31H30N4OS. The molecule has 0 aliphatic heterocycles. The number of hydrogen-bond donors (Lipinski definition) is 1. The molecule has 0 saturated heterocycles. The first-order valence-electron chi connectivity index (χ1n) is 12.5. The lowest BCUT2D eigenvalue weighted by atomic mass is 10.1. The van der Waals surface area contributed by atoms with Gasteiger partial charge in [-0.3, -0.25) is 9.78 Å². The number of aromatic nitrogens is 3. The number of imidazole rings is 1. The van der Waals surface area contributed by atoms with Crippen molar-refractivity contribution in [3.05, 3.63) is 125 Å². The zero-order valence-corrected chi connectivity index (χ0v) is 22.0. The Morgan fingerprint density at radius 2 is 1.68 bits per heavy atom. The summed E-state index contributed by atoms with van der Waals surface area (Å²) >= 11 is 1.73. The topological polar surface area (TPSA) is 59.8 Å². The van der Waals surface area contributed by atoms with Gasteiger partial charge in [0.15, 0.2) is 5.16 Å². The third-order valence-electron chi connectivity index (χ3n) is 6.41. The van der Waals surface area contributed by atoms with Gasteiger partial charge in [-0.1, -0.05) is 84.9 Å². The van der Waals surface area contributed by atoms with E-state index in [1.165, 1.54) is 16.7 Å². The van der Waals surface area contributed by atoms with Crippen LogP contribution in [0.1, 0.15) is 45.1 Å². The van der Waals surface area contributed by atoms with Crippen LogP contribution in [0.2, 0.25) is 0 Å². The van der Waals surface area contributed by atoms with Crippen LogP contribution in [0.25, 0.3) is 11.0 Å². The lowest BCUT2D eigenvalue weighted by molar-refractivity contribution is 0.0951. The Kier molecular flexibility index (Phi) is 7.66. The maximum atomic E-state index is 12.7. The summed E-state index contributed by atoms with van der Waals surface area (Å²) < 4.78 is 2.21. The van der Waals surface area contributed by atoms with Crippen molar-refractivity contribution < 1.29 is 4.79 Å². The fourth-order valence-corrected chi connectivity index (χ4v) is 5.24. The van der Waals surface area contributed by atoms with Gasteiger partial charge in [0.2, 0.25) is 0 Å². The van der Waals surface area contributed by atoms with Gasteiger partial charge in [0.25, 0.3) is 5.91 Å². The summed E-state index contributed by atoms with van der Waals surface area (Å²) in [6.45, 7) is 5.42. The minimum absolute atomic E-state index is 0.0715. The summed E-state index contributed by atoms with van der Waals surface area (Å²) in [6.07, 6.45) is 4.66. The van der Waals surface area contributed by atoms with Crippen molar-refractivity contribution in [3.63, 3.8) is 0 Å². The number of aryl methyl sites for hydroxylation is 2. The molecule has 37 heavy (non-hydrogen) atoms. The molecule has 5 aromatic rings. The average Bonchev–Trinajstić information content (AvgIpc) is 3.28. The van der Waals surface area contributed by atoms with E-state index < -0.39 is 0 Å². The first-order valence-corrected chi connectivity index (χ1v) is 13.5. The van der Waals surface area contributed by atoms with Crippen LogP contribution in [-0.4, -0.2) is 20.4 Å². The second-order valence-corrected chi connectivity index (χ2v) is 10.1. The van der Waals surface area contributed by atoms with Gasteiger partial charge in [0.1, 0.15) is 0 Å².